The molecule has 5 aromatic rings. The van der Waals surface area contributed by atoms with Crippen LogP contribution in [-0.4, -0.2) is 27.0 Å². The number of aliphatic hydroxyl groups is 1. The maximum Gasteiger partial charge on any atom is 0.301 e. The molecule has 1 unspecified atom stereocenters. The fourth-order valence-electron chi connectivity index (χ4n) is 4.72. The van der Waals surface area contributed by atoms with Crippen molar-refractivity contribution in [1.29, 1.82) is 0 Å². The smallest absolute Gasteiger partial charge is 0.301 e. The molecule has 1 N–H and O–H groups in total. The number of ketones is 1. The van der Waals surface area contributed by atoms with Crippen molar-refractivity contribution in [2.45, 2.75) is 22.7 Å². The third-order valence-electron chi connectivity index (χ3n) is 6.90. The SMILES string of the molecule is O=C1C(=O)N(c2nnc(SCc3ccc(Cl)cc3Cl)s2)C(c2ccc(OCc3ccccc3)cc2)/C1=C(/O)c1ccccc1. The zero-order valence-electron chi connectivity index (χ0n) is 22.9. The molecule has 7 nitrogen and oxygen atoms in total. The number of anilines is 1. The van der Waals surface area contributed by atoms with E-state index in [1.54, 1.807) is 66.7 Å². The number of amides is 1. The number of nitrogens with zero attached hydrogens (tertiary/aromatic N) is 3. The number of halogens is 2. The van der Waals surface area contributed by atoms with Crippen molar-refractivity contribution in [3.8, 4) is 5.75 Å². The molecular weight excluding hydrogens is 637 g/mol. The number of hydrogen-bond acceptors (Lipinski definition) is 8. The van der Waals surface area contributed by atoms with Crippen LogP contribution in [0.25, 0.3) is 5.76 Å². The number of aromatic nitrogens is 2. The molecule has 1 aromatic heterocycles. The number of Topliss-reactive ketones (excluding diaryl/α,β-unsaturated/α-hetero) is 1. The fourth-order valence-corrected chi connectivity index (χ4v) is 7.15. The van der Waals surface area contributed by atoms with E-state index in [1.165, 1.54) is 28.0 Å². The van der Waals surface area contributed by atoms with Crippen LogP contribution in [-0.2, 0) is 21.9 Å². The lowest BCUT2D eigenvalue weighted by Gasteiger charge is -2.22. The van der Waals surface area contributed by atoms with Gasteiger partial charge in [0.2, 0.25) is 5.13 Å². The van der Waals surface area contributed by atoms with E-state index in [0.29, 0.717) is 43.6 Å². The largest absolute Gasteiger partial charge is 0.507 e. The van der Waals surface area contributed by atoms with Crippen LogP contribution >= 0.6 is 46.3 Å². The van der Waals surface area contributed by atoms with Crippen LogP contribution in [0, 0.1) is 0 Å². The third kappa shape index (κ3) is 6.37. The first-order valence-electron chi connectivity index (χ1n) is 13.4. The second-order valence-electron chi connectivity index (χ2n) is 9.75. The number of carbonyl (C=O) groups is 2. The first kappa shape index (κ1) is 29.9. The van der Waals surface area contributed by atoms with Gasteiger partial charge in [-0.05, 0) is 41.0 Å². The molecule has 0 spiro atoms. The quantitative estimate of drug-likeness (QED) is 0.0559. The Morgan fingerprint density at radius 3 is 2.32 bits per heavy atom. The van der Waals surface area contributed by atoms with Crippen molar-refractivity contribution < 1.29 is 19.4 Å². The van der Waals surface area contributed by atoms with E-state index in [-0.39, 0.29) is 16.5 Å². The zero-order chi connectivity index (χ0) is 30.6. The molecule has 1 aliphatic heterocycles. The average molecular weight is 661 g/mol. The highest BCUT2D eigenvalue weighted by atomic mass is 35.5. The van der Waals surface area contributed by atoms with Crippen LogP contribution in [0.2, 0.25) is 10.0 Å². The summed E-state index contributed by atoms with van der Waals surface area (Å²) in [6, 6.07) is 29.9. The highest BCUT2D eigenvalue weighted by Gasteiger charge is 2.48. The Bertz CT molecular complexity index is 1850. The zero-order valence-corrected chi connectivity index (χ0v) is 26.0. The molecule has 1 fully saturated rings. The van der Waals surface area contributed by atoms with Crippen LogP contribution in [0.5, 0.6) is 5.75 Å². The molecule has 44 heavy (non-hydrogen) atoms. The van der Waals surface area contributed by atoms with E-state index in [9.17, 15) is 14.7 Å². The number of ether oxygens (including phenoxy) is 1. The van der Waals surface area contributed by atoms with Crippen molar-refractivity contribution in [2.75, 3.05) is 4.90 Å². The Kier molecular flexibility index (Phi) is 8.99. The molecule has 11 heteroatoms. The molecule has 0 aliphatic carbocycles. The van der Waals surface area contributed by atoms with Crippen LogP contribution in [0.3, 0.4) is 0 Å². The minimum absolute atomic E-state index is 0.0310. The molecule has 0 bridgehead atoms. The van der Waals surface area contributed by atoms with Gasteiger partial charge < -0.3 is 9.84 Å². The number of carbonyl (C=O) groups excluding carboxylic acids is 2. The lowest BCUT2D eigenvalue weighted by molar-refractivity contribution is -0.132. The number of rotatable bonds is 9. The number of thioether (sulfide) groups is 1. The molecular formula is C33H23Cl2N3O4S2. The number of aliphatic hydroxyl groups excluding tert-OH is 1. The van der Waals surface area contributed by atoms with E-state index in [4.69, 9.17) is 27.9 Å². The van der Waals surface area contributed by atoms with Crippen molar-refractivity contribution in [1.82, 2.24) is 10.2 Å². The highest BCUT2D eigenvalue weighted by molar-refractivity contribution is 8.00. The molecule has 0 radical (unpaired) electrons. The van der Waals surface area contributed by atoms with E-state index in [0.717, 1.165) is 11.1 Å². The summed E-state index contributed by atoms with van der Waals surface area (Å²) < 4.78 is 6.52. The number of benzene rings is 4. The Morgan fingerprint density at radius 2 is 1.61 bits per heavy atom. The predicted octanol–water partition coefficient (Wildman–Crippen LogP) is 8.34. The fraction of sp³-hybridized carbons (Fsp3) is 0.0909. The van der Waals surface area contributed by atoms with Crippen molar-refractivity contribution in [3.63, 3.8) is 0 Å². The van der Waals surface area contributed by atoms with Crippen molar-refractivity contribution >= 4 is 68.9 Å². The lowest BCUT2D eigenvalue weighted by atomic mass is 9.95. The maximum atomic E-state index is 13.5. The van der Waals surface area contributed by atoms with Crippen molar-refractivity contribution in [3.05, 3.63) is 141 Å². The van der Waals surface area contributed by atoms with Crippen LogP contribution < -0.4 is 9.64 Å². The van der Waals surface area contributed by atoms with Gasteiger partial charge in [0.25, 0.3) is 5.78 Å². The van der Waals surface area contributed by atoms with Gasteiger partial charge in [0, 0.05) is 21.4 Å². The van der Waals surface area contributed by atoms with Gasteiger partial charge in [0.15, 0.2) is 4.34 Å². The molecule has 1 atom stereocenters. The molecule has 2 heterocycles. The second kappa shape index (κ2) is 13.2. The minimum atomic E-state index is -0.935. The summed E-state index contributed by atoms with van der Waals surface area (Å²) >= 11 is 14.9. The van der Waals surface area contributed by atoms with Gasteiger partial charge in [0.05, 0.1) is 11.6 Å². The average Bonchev–Trinajstić information content (AvgIpc) is 3.62. The first-order chi connectivity index (χ1) is 21.4. The summed E-state index contributed by atoms with van der Waals surface area (Å²) in [7, 11) is 0. The van der Waals surface area contributed by atoms with Gasteiger partial charge in [-0.15, -0.1) is 10.2 Å². The summed E-state index contributed by atoms with van der Waals surface area (Å²) in [5, 5.41) is 21.2. The van der Waals surface area contributed by atoms with Gasteiger partial charge >= 0.3 is 5.91 Å². The Morgan fingerprint density at radius 1 is 0.909 bits per heavy atom. The standard InChI is InChI=1S/C33H23Cl2N3O4S2/c34-24-14-11-23(26(35)17-24)19-43-33-37-36-32(44-33)38-28(27(30(40)31(38)41)29(39)22-9-5-2-6-10-22)21-12-15-25(16-13-21)42-18-20-7-3-1-4-8-20/h1-17,28,39H,18-19H2/b29-27-. The normalized spacial score (nSPS) is 16.0. The van der Waals surface area contributed by atoms with Crippen molar-refractivity contribution in [2.24, 2.45) is 0 Å². The Hall–Kier alpha value is -4.15. The van der Waals surface area contributed by atoms with E-state index in [1.807, 2.05) is 36.4 Å². The molecule has 1 amide bonds. The number of hydrogen-bond donors (Lipinski definition) is 1. The van der Waals surface area contributed by atoms with Gasteiger partial charge in [-0.3, -0.25) is 14.5 Å². The van der Waals surface area contributed by atoms with E-state index >= 15 is 0 Å². The van der Waals surface area contributed by atoms with E-state index < -0.39 is 17.7 Å². The lowest BCUT2D eigenvalue weighted by Crippen LogP contribution is -2.29. The highest BCUT2D eigenvalue weighted by Crippen LogP contribution is 2.44. The van der Waals surface area contributed by atoms with Gasteiger partial charge in [0.1, 0.15) is 18.1 Å². The first-order valence-corrected chi connectivity index (χ1v) is 16.0. The van der Waals surface area contributed by atoms with Crippen LogP contribution in [0.15, 0.2) is 113 Å². The van der Waals surface area contributed by atoms with E-state index in [2.05, 4.69) is 10.2 Å². The predicted molar refractivity (Wildman–Crippen MR) is 174 cm³/mol. The summed E-state index contributed by atoms with van der Waals surface area (Å²) in [4.78, 5) is 28.3. The molecule has 1 saturated heterocycles. The topological polar surface area (TPSA) is 92.6 Å². The van der Waals surface area contributed by atoms with Gasteiger partial charge in [-0.1, -0.05) is 125 Å². The molecule has 0 saturated carbocycles. The Balaban J connectivity index is 1.32. The molecule has 220 valence electrons. The summed E-state index contributed by atoms with van der Waals surface area (Å²) in [5.74, 6) is -0.750. The monoisotopic (exact) mass is 659 g/mol. The molecule has 4 aromatic carbocycles. The third-order valence-corrected chi connectivity index (χ3v) is 9.60. The van der Waals surface area contributed by atoms with Crippen LogP contribution in [0.1, 0.15) is 28.3 Å². The summed E-state index contributed by atoms with van der Waals surface area (Å²) in [5.41, 5.74) is 2.89. The summed E-state index contributed by atoms with van der Waals surface area (Å²) in [6.07, 6.45) is 0. The Labute approximate surface area is 271 Å². The van der Waals surface area contributed by atoms with Crippen LogP contribution in [0.4, 0.5) is 5.13 Å². The van der Waals surface area contributed by atoms with Gasteiger partial charge in [-0.2, -0.15) is 0 Å². The van der Waals surface area contributed by atoms with Gasteiger partial charge in [-0.25, -0.2) is 0 Å². The summed E-state index contributed by atoms with van der Waals surface area (Å²) in [6.45, 7) is 0.388. The second-order valence-corrected chi connectivity index (χ2v) is 12.8. The minimum Gasteiger partial charge on any atom is -0.507 e. The molecule has 6 rings (SSSR count). The molecule has 1 aliphatic rings. The maximum absolute atomic E-state index is 13.5.